The lowest BCUT2D eigenvalue weighted by Crippen LogP contribution is -2.59. The first-order valence-corrected chi connectivity index (χ1v) is 5.34. The molecule has 3 heteroatoms. The molecular formula is C11H19NO2. The molecule has 1 saturated carbocycles. The molecule has 80 valence electrons. The Bertz CT molecular complexity index is 265. The number of carbonyl (C=O) groups is 1. The van der Waals surface area contributed by atoms with E-state index < -0.39 is 0 Å². The number of hydrogen-bond donors (Lipinski definition) is 1. The molecule has 3 rings (SSSR count). The lowest BCUT2D eigenvalue weighted by Gasteiger charge is -2.43. The Morgan fingerprint density at radius 2 is 2.14 bits per heavy atom. The number of hydrogen-bond acceptors (Lipinski definition) is 3. The van der Waals surface area contributed by atoms with Crippen LogP contribution in [0.3, 0.4) is 0 Å². The number of ether oxygens (including phenoxy) is 1. The maximum Gasteiger partial charge on any atom is 0.327 e. The molecular weight excluding hydrogens is 178 g/mol. The molecule has 1 N–H and O–H groups in total. The fourth-order valence-electron chi connectivity index (χ4n) is 2.52. The summed E-state index contributed by atoms with van der Waals surface area (Å²) in [5.74, 6) is 1.06. The monoisotopic (exact) mass is 197 g/mol. The van der Waals surface area contributed by atoms with Crippen LogP contribution < -0.4 is 5.32 Å². The van der Waals surface area contributed by atoms with Crippen LogP contribution in [0.25, 0.3) is 0 Å². The number of rotatable bonds is 1. The van der Waals surface area contributed by atoms with Crippen molar-refractivity contribution >= 4 is 5.97 Å². The molecule has 2 saturated heterocycles. The highest BCUT2D eigenvalue weighted by molar-refractivity contribution is 5.84. The third-order valence-electron chi connectivity index (χ3n) is 3.51. The summed E-state index contributed by atoms with van der Waals surface area (Å²) in [4.78, 5) is 11.9. The highest BCUT2D eigenvalue weighted by Crippen LogP contribution is 2.49. The zero-order valence-electron chi connectivity index (χ0n) is 9.39. The largest absolute Gasteiger partial charge is 0.459 e. The van der Waals surface area contributed by atoms with Gasteiger partial charge in [-0.15, -0.1) is 0 Å². The molecule has 1 aliphatic carbocycles. The van der Waals surface area contributed by atoms with Crippen LogP contribution >= 0.6 is 0 Å². The first-order valence-electron chi connectivity index (χ1n) is 5.34. The van der Waals surface area contributed by atoms with E-state index in [0.717, 1.165) is 13.0 Å². The van der Waals surface area contributed by atoms with Gasteiger partial charge >= 0.3 is 5.97 Å². The van der Waals surface area contributed by atoms with Gasteiger partial charge in [-0.3, -0.25) is 4.79 Å². The molecule has 0 aromatic carbocycles. The van der Waals surface area contributed by atoms with E-state index in [1.807, 2.05) is 20.8 Å². The second-order valence-electron chi connectivity index (χ2n) is 5.61. The molecule has 2 aliphatic heterocycles. The zero-order valence-corrected chi connectivity index (χ0v) is 9.39. The predicted octanol–water partition coefficient (Wildman–Crippen LogP) is 1.33. The zero-order chi connectivity index (χ0) is 10.6. The molecule has 2 heterocycles. The van der Waals surface area contributed by atoms with Gasteiger partial charge in [0.2, 0.25) is 0 Å². The van der Waals surface area contributed by atoms with Crippen LogP contribution in [0.15, 0.2) is 0 Å². The van der Waals surface area contributed by atoms with Gasteiger partial charge < -0.3 is 10.1 Å². The molecule has 3 fully saturated rings. The quantitative estimate of drug-likeness (QED) is 0.644. The second-order valence-corrected chi connectivity index (χ2v) is 5.61. The van der Waals surface area contributed by atoms with Gasteiger partial charge in [-0.1, -0.05) is 6.92 Å². The summed E-state index contributed by atoms with van der Waals surface area (Å²) in [6.07, 6.45) is 0.961. The van der Waals surface area contributed by atoms with Crippen molar-refractivity contribution in [3.05, 3.63) is 0 Å². The van der Waals surface area contributed by atoms with Crippen LogP contribution in [-0.4, -0.2) is 23.7 Å². The van der Waals surface area contributed by atoms with Crippen molar-refractivity contribution < 1.29 is 9.53 Å². The summed E-state index contributed by atoms with van der Waals surface area (Å²) in [5, 5.41) is 3.30. The second kappa shape index (κ2) is 2.72. The third kappa shape index (κ3) is 1.26. The number of esters is 1. The molecule has 3 nitrogen and oxygen atoms in total. The minimum absolute atomic E-state index is 0.0637. The fraction of sp³-hybridized carbons (Fsp3) is 0.909. The first-order chi connectivity index (χ1) is 6.35. The Kier molecular flexibility index (Phi) is 1.94. The van der Waals surface area contributed by atoms with E-state index in [0.29, 0.717) is 11.8 Å². The summed E-state index contributed by atoms with van der Waals surface area (Å²) in [6, 6.07) is 0. The summed E-state index contributed by atoms with van der Waals surface area (Å²) in [5.41, 5.74) is -0.723. The van der Waals surface area contributed by atoms with E-state index in [4.69, 9.17) is 4.74 Å². The van der Waals surface area contributed by atoms with Gasteiger partial charge in [0.15, 0.2) is 0 Å². The van der Waals surface area contributed by atoms with Gasteiger partial charge in [-0.2, -0.15) is 0 Å². The Hall–Kier alpha value is -0.570. The van der Waals surface area contributed by atoms with Gasteiger partial charge in [0.1, 0.15) is 11.1 Å². The number of carbonyl (C=O) groups excluding carboxylic acids is 1. The van der Waals surface area contributed by atoms with Crippen LogP contribution in [0.4, 0.5) is 0 Å². The Morgan fingerprint density at radius 1 is 1.50 bits per heavy atom. The van der Waals surface area contributed by atoms with Crippen molar-refractivity contribution in [1.29, 1.82) is 0 Å². The van der Waals surface area contributed by atoms with Gasteiger partial charge in [-0.05, 0) is 45.6 Å². The number of fused-ring (bicyclic) bond motifs is 1. The van der Waals surface area contributed by atoms with E-state index in [2.05, 4.69) is 12.2 Å². The van der Waals surface area contributed by atoms with Crippen LogP contribution in [0.1, 0.15) is 34.1 Å². The van der Waals surface area contributed by atoms with Crippen molar-refractivity contribution in [2.45, 2.75) is 45.3 Å². The molecule has 2 bridgehead atoms. The van der Waals surface area contributed by atoms with Gasteiger partial charge in [0.25, 0.3) is 0 Å². The summed E-state index contributed by atoms with van der Waals surface area (Å²) < 4.78 is 5.43. The SMILES string of the molecule is C[C@@H]1[C@@H]2CN[C@@]1(C(=O)OC(C)(C)C)C2. The minimum atomic E-state index is -0.374. The summed E-state index contributed by atoms with van der Waals surface area (Å²) >= 11 is 0. The molecule has 0 radical (unpaired) electrons. The smallest absolute Gasteiger partial charge is 0.327 e. The maximum atomic E-state index is 11.9. The van der Waals surface area contributed by atoms with Crippen molar-refractivity contribution in [2.24, 2.45) is 11.8 Å². The first kappa shape index (κ1) is 9.97. The molecule has 0 aromatic rings. The Morgan fingerprint density at radius 3 is 2.50 bits per heavy atom. The third-order valence-corrected chi connectivity index (χ3v) is 3.51. The van der Waals surface area contributed by atoms with Crippen molar-refractivity contribution in [3.63, 3.8) is 0 Å². The maximum absolute atomic E-state index is 11.9. The van der Waals surface area contributed by atoms with Gasteiger partial charge in [-0.25, -0.2) is 0 Å². The lowest BCUT2D eigenvalue weighted by molar-refractivity contribution is -0.169. The van der Waals surface area contributed by atoms with E-state index in [-0.39, 0.29) is 17.1 Å². The molecule has 0 unspecified atom stereocenters. The standard InChI is InChI=1S/C11H19NO2/c1-7-8-5-11(7,12-6-8)9(13)14-10(2,3)4/h7-8,12H,5-6H2,1-4H3/t7-,8+,11+/m1/s1. The average molecular weight is 197 g/mol. The molecule has 3 aliphatic rings. The van der Waals surface area contributed by atoms with Crippen LogP contribution in [0.2, 0.25) is 0 Å². The Labute approximate surface area is 85.2 Å². The molecule has 14 heavy (non-hydrogen) atoms. The normalized spacial score (nSPS) is 40.6. The van der Waals surface area contributed by atoms with E-state index in [9.17, 15) is 4.79 Å². The lowest BCUT2D eigenvalue weighted by atomic mass is 9.64. The fourth-order valence-corrected chi connectivity index (χ4v) is 2.52. The van der Waals surface area contributed by atoms with Crippen LogP contribution in [0, 0.1) is 11.8 Å². The van der Waals surface area contributed by atoms with E-state index in [1.54, 1.807) is 0 Å². The molecule has 0 spiro atoms. The highest BCUT2D eigenvalue weighted by Gasteiger charge is 2.62. The van der Waals surface area contributed by atoms with Crippen LogP contribution in [-0.2, 0) is 9.53 Å². The summed E-state index contributed by atoms with van der Waals surface area (Å²) in [7, 11) is 0. The molecule has 0 amide bonds. The molecule has 3 atom stereocenters. The average Bonchev–Trinajstić information content (AvgIpc) is 2.56. The highest BCUT2D eigenvalue weighted by atomic mass is 16.6. The number of nitrogens with one attached hydrogen (secondary N) is 1. The van der Waals surface area contributed by atoms with E-state index >= 15 is 0 Å². The topological polar surface area (TPSA) is 38.3 Å². The van der Waals surface area contributed by atoms with Crippen molar-refractivity contribution in [3.8, 4) is 0 Å². The van der Waals surface area contributed by atoms with Crippen molar-refractivity contribution in [1.82, 2.24) is 5.32 Å². The minimum Gasteiger partial charge on any atom is -0.459 e. The predicted molar refractivity (Wildman–Crippen MR) is 53.8 cm³/mol. The summed E-state index contributed by atoms with van der Waals surface area (Å²) in [6.45, 7) is 8.85. The van der Waals surface area contributed by atoms with E-state index in [1.165, 1.54) is 0 Å². The van der Waals surface area contributed by atoms with Gasteiger partial charge in [0, 0.05) is 0 Å². The van der Waals surface area contributed by atoms with Crippen LogP contribution in [0.5, 0.6) is 0 Å². The van der Waals surface area contributed by atoms with Crippen molar-refractivity contribution in [2.75, 3.05) is 6.54 Å². The van der Waals surface area contributed by atoms with Gasteiger partial charge in [0.05, 0.1) is 0 Å². The Balaban J connectivity index is 2.06. The molecule has 0 aromatic heterocycles.